The number of carbonyl (C=O) groups is 1. The first-order chi connectivity index (χ1) is 13.6. The number of carbonyl (C=O) groups excluding carboxylic acids is 1. The van der Waals surface area contributed by atoms with Gasteiger partial charge in [-0.3, -0.25) is 4.79 Å². The lowest BCUT2D eigenvalue weighted by Crippen LogP contribution is -2.22. The topological polar surface area (TPSA) is 64.1 Å². The number of aryl methyl sites for hydroxylation is 2. The molecule has 1 unspecified atom stereocenters. The Balaban J connectivity index is 1.82. The lowest BCUT2D eigenvalue weighted by Gasteiger charge is -2.21. The maximum Gasteiger partial charge on any atom is 0.228 e. The number of nitrogens with zero attached hydrogens (tertiary/aromatic N) is 2. The van der Waals surface area contributed by atoms with Crippen LogP contribution in [0, 0.1) is 5.92 Å². The second kappa shape index (κ2) is 7.72. The smallest absolute Gasteiger partial charge is 0.228 e. The maximum atomic E-state index is 12.5. The number of hydrogen-bond donors (Lipinski definition) is 1. The molecule has 2 heterocycles. The Labute approximate surface area is 168 Å². The fourth-order valence-corrected chi connectivity index (χ4v) is 4.06. The molecular weight excluding hydrogens is 370 g/mol. The third-order valence-electron chi connectivity index (χ3n) is 5.22. The van der Waals surface area contributed by atoms with Crippen LogP contribution in [0.25, 0.3) is 21.8 Å². The minimum Gasteiger partial charge on any atom is -0.497 e. The van der Waals surface area contributed by atoms with Gasteiger partial charge in [0.05, 0.1) is 23.4 Å². The molecule has 5 nitrogen and oxygen atoms in total. The van der Waals surface area contributed by atoms with Gasteiger partial charge in [-0.1, -0.05) is 19.9 Å². The Hall–Kier alpha value is -2.73. The first-order valence-corrected chi connectivity index (χ1v) is 10.4. The van der Waals surface area contributed by atoms with Crippen molar-refractivity contribution in [1.29, 1.82) is 0 Å². The van der Waals surface area contributed by atoms with Gasteiger partial charge in [0.25, 0.3) is 0 Å². The van der Waals surface area contributed by atoms with Gasteiger partial charge < -0.3 is 10.1 Å². The molecule has 4 rings (SSSR count). The lowest BCUT2D eigenvalue weighted by atomic mass is 9.91. The van der Waals surface area contributed by atoms with Gasteiger partial charge in [-0.2, -0.15) is 0 Å². The van der Waals surface area contributed by atoms with Gasteiger partial charge in [0.1, 0.15) is 11.4 Å². The van der Waals surface area contributed by atoms with Crippen LogP contribution in [0.3, 0.4) is 0 Å². The number of ether oxygens (including phenoxy) is 1. The molecule has 1 N–H and O–H groups in total. The van der Waals surface area contributed by atoms with E-state index >= 15 is 0 Å². The molecule has 2 aromatic heterocycles. The van der Waals surface area contributed by atoms with Gasteiger partial charge in [0, 0.05) is 11.5 Å². The molecule has 3 aromatic rings. The van der Waals surface area contributed by atoms with Gasteiger partial charge in [-0.05, 0) is 54.5 Å². The number of aromatic nitrogens is 2. The molecule has 144 valence electrons. The van der Waals surface area contributed by atoms with E-state index in [0.29, 0.717) is 5.82 Å². The molecule has 1 atom stereocenters. The largest absolute Gasteiger partial charge is 0.497 e. The zero-order valence-electron chi connectivity index (χ0n) is 16.3. The van der Waals surface area contributed by atoms with E-state index < -0.39 is 0 Å². The number of thiophene rings is 1. The van der Waals surface area contributed by atoms with Crippen LogP contribution in [0.4, 0.5) is 5.82 Å². The molecule has 6 heteroatoms. The molecule has 1 aliphatic rings. The highest BCUT2D eigenvalue weighted by atomic mass is 32.1. The van der Waals surface area contributed by atoms with Crippen molar-refractivity contribution in [1.82, 2.24) is 9.97 Å². The van der Waals surface area contributed by atoms with E-state index in [4.69, 9.17) is 14.7 Å². The van der Waals surface area contributed by atoms with Crippen molar-refractivity contribution in [3.8, 4) is 27.6 Å². The van der Waals surface area contributed by atoms with Gasteiger partial charge in [-0.15, -0.1) is 11.3 Å². The van der Waals surface area contributed by atoms with Gasteiger partial charge >= 0.3 is 0 Å². The normalized spacial score (nSPS) is 13.4. The average Bonchev–Trinajstić information content (AvgIpc) is 3.26. The van der Waals surface area contributed by atoms with E-state index in [1.165, 1.54) is 5.56 Å². The molecule has 0 aliphatic heterocycles. The molecule has 1 amide bonds. The third-order valence-corrected chi connectivity index (χ3v) is 6.10. The Kier molecular flexibility index (Phi) is 5.13. The molecule has 0 fully saturated rings. The van der Waals surface area contributed by atoms with Crippen LogP contribution in [0.5, 0.6) is 5.75 Å². The minimum absolute atomic E-state index is 0.0181. The maximum absolute atomic E-state index is 12.5. The van der Waals surface area contributed by atoms with E-state index in [9.17, 15) is 4.79 Å². The second-order valence-electron chi connectivity index (χ2n) is 7.02. The summed E-state index contributed by atoms with van der Waals surface area (Å²) in [7, 11) is 1.68. The number of anilines is 1. The molecule has 0 radical (unpaired) electrons. The Morgan fingerprint density at radius 2 is 2.11 bits per heavy atom. The predicted molar refractivity (Wildman–Crippen MR) is 113 cm³/mol. The number of amides is 1. The van der Waals surface area contributed by atoms with Crippen molar-refractivity contribution in [2.24, 2.45) is 5.92 Å². The predicted octanol–water partition coefficient (Wildman–Crippen LogP) is 4.96. The molecule has 0 bridgehead atoms. The zero-order valence-corrected chi connectivity index (χ0v) is 17.1. The molecule has 1 aromatic carbocycles. The van der Waals surface area contributed by atoms with Gasteiger partial charge in [0.15, 0.2) is 5.82 Å². The van der Waals surface area contributed by atoms with Gasteiger partial charge in [0.2, 0.25) is 5.91 Å². The number of fused-ring (bicyclic) bond motifs is 3. The Bertz CT molecular complexity index is 1010. The van der Waals surface area contributed by atoms with Crippen molar-refractivity contribution >= 4 is 23.1 Å². The summed E-state index contributed by atoms with van der Waals surface area (Å²) in [5, 5.41) is 5.03. The van der Waals surface area contributed by atoms with Crippen molar-refractivity contribution < 1.29 is 9.53 Å². The highest BCUT2D eigenvalue weighted by Crippen LogP contribution is 2.38. The van der Waals surface area contributed by atoms with Crippen LogP contribution in [-0.4, -0.2) is 23.0 Å². The standard InChI is InChI=1S/C22H23N3O2S/c1-4-13(2)22(26)25-21-20(18-6-5-11-28-18)24-19-16-9-8-15(27-3)12-14(16)7-10-17(19)23-21/h5-6,8-9,11-13H,4,7,10H2,1-3H3,(H,23,25,26). The number of nitrogens with one attached hydrogen (secondary N) is 1. The molecule has 1 aliphatic carbocycles. The van der Waals surface area contributed by atoms with Crippen molar-refractivity contribution in [3.05, 3.63) is 47.0 Å². The summed E-state index contributed by atoms with van der Waals surface area (Å²) < 4.78 is 5.36. The summed E-state index contributed by atoms with van der Waals surface area (Å²) in [5.74, 6) is 1.33. The summed E-state index contributed by atoms with van der Waals surface area (Å²) in [4.78, 5) is 23.3. The van der Waals surface area contributed by atoms with Crippen LogP contribution in [0.15, 0.2) is 35.7 Å². The molecule has 28 heavy (non-hydrogen) atoms. The first kappa shape index (κ1) is 18.6. The van der Waals surface area contributed by atoms with Crippen LogP contribution in [0.1, 0.15) is 31.5 Å². The summed E-state index contributed by atoms with van der Waals surface area (Å²) in [6.07, 6.45) is 2.46. The van der Waals surface area contributed by atoms with Crippen LogP contribution < -0.4 is 10.1 Å². The van der Waals surface area contributed by atoms with Crippen LogP contribution >= 0.6 is 11.3 Å². The number of rotatable bonds is 5. The summed E-state index contributed by atoms with van der Waals surface area (Å²) in [5.41, 5.74) is 4.86. The summed E-state index contributed by atoms with van der Waals surface area (Å²) in [6, 6.07) is 10.1. The molecule has 0 saturated carbocycles. The van der Waals surface area contributed by atoms with E-state index in [0.717, 1.165) is 52.5 Å². The Morgan fingerprint density at radius 3 is 2.82 bits per heavy atom. The summed E-state index contributed by atoms with van der Waals surface area (Å²) >= 11 is 1.60. The third kappa shape index (κ3) is 3.40. The highest BCUT2D eigenvalue weighted by molar-refractivity contribution is 7.13. The highest BCUT2D eigenvalue weighted by Gasteiger charge is 2.24. The molecule has 0 spiro atoms. The number of methoxy groups -OCH3 is 1. The van der Waals surface area contributed by atoms with E-state index in [1.807, 2.05) is 37.4 Å². The Morgan fingerprint density at radius 1 is 1.25 bits per heavy atom. The van der Waals surface area contributed by atoms with Crippen molar-refractivity contribution in [2.45, 2.75) is 33.1 Å². The summed E-state index contributed by atoms with van der Waals surface area (Å²) in [6.45, 7) is 3.93. The SMILES string of the molecule is CCC(C)C(=O)Nc1nc2c(nc1-c1cccs1)-c1ccc(OC)cc1CC2. The van der Waals surface area contributed by atoms with E-state index in [2.05, 4.69) is 17.4 Å². The van der Waals surface area contributed by atoms with Crippen LogP contribution in [-0.2, 0) is 17.6 Å². The van der Waals surface area contributed by atoms with Gasteiger partial charge in [-0.25, -0.2) is 9.97 Å². The van der Waals surface area contributed by atoms with E-state index in [1.54, 1.807) is 18.4 Å². The van der Waals surface area contributed by atoms with Crippen LogP contribution in [0.2, 0.25) is 0 Å². The average molecular weight is 394 g/mol. The fraction of sp³-hybridized carbons (Fsp3) is 0.318. The molecule has 0 saturated heterocycles. The molecular formula is C22H23N3O2S. The lowest BCUT2D eigenvalue weighted by molar-refractivity contribution is -0.119. The zero-order chi connectivity index (χ0) is 19.7. The monoisotopic (exact) mass is 393 g/mol. The second-order valence-corrected chi connectivity index (χ2v) is 7.96. The number of benzene rings is 1. The quantitative estimate of drug-likeness (QED) is 0.665. The van der Waals surface area contributed by atoms with Crippen molar-refractivity contribution in [2.75, 3.05) is 12.4 Å². The van der Waals surface area contributed by atoms with Crippen molar-refractivity contribution in [3.63, 3.8) is 0 Å². The first-order valence-electron chi connectivity index (χ1n) is 9.53. The fourth-order valence-electron chi connectivity index (χ4n) is 3.35. The minimum atomic E-state index is -0.0674. The van der Waals surface area contributed by atoms with E-state index in [-0.39, 0.29) is 11.8 Å². The number of hydrogen-bond acceptors (Lipinski definition) is 5.